The standard InChI is InChI=1S/C19H21ClN4O3/c1-12-6-7-16(13(2)10-12)22-17(25)8-9-18(26)23-24-19(27)21-15-5-3-4-14(20)11-15/h3-7,10-11H,8-9H2,1-2H3,(H,22,25)(H,23,26)(H2,21,24,27). The van der Waals surface area contributed by atoms with Gasteiger partial charge in [-0.15, -0.1) is 0 Å². The van der Waals surface area contributed by atoms with Gasteiger partial charge in [-0.3, -0.25) is 15.0 Å². The van der Waals surface area contributed by atoms with Crippen molar-refractivity contribution >= 4 is 40.8 Å². The van der Waals surface area contributed by atoms with E-state index in [2.05, 4.69) is 21.5 Å². The Bertz CT molecular complexity index is 855. The molecule has 27 heavy (non-hydrogen) atoms. The van der Waals surface area contributed by atoms with E-state index in [9.17, 15) is 14.4 Å². The number of nitrogens with one attached hydrogen (secondary N) is 4. The van der Waals surface area contributed by atoms with Crippen LogP contribution in [0.1, 0.15) is 24.0 Å². The number of halogens is 1. The van der Waals surface area contributed by atoms with E-state index in [1.807, 2.05) is 32.0 Å². The van der Waals surface area contributed by atoms with Crippen molar-refractivity contribution in [1.82, 2.24) is 10.9 Å². The monoisotopic (exact) mass is 388 g/mol. The highest BCUT2D eigenvalue weighted by Gasteiger charge is 2.10. The zero-order valence-electron chi connectivity index (χ0n) is 15.1. The van der Waals surface area contributed by atoms with Gasteiger partial charge in [0.25, 0.3) is 0 Å². The number of amides is 4. The first-order valence-electron chi connectivity index (χ1n) is 8.32. The van der Waals surface area contributed by atoms with Gasteiger partial charge >= 0.3 is 6.03 Å². The first-order chi connectivity index (χ1) is 12.8. The van der Waals surface area contributed by atoms with E-state index in [0.29, 0.717) is 16.4 Å². The summed E-state index contributed by atoms with van der Waals surface area (Å²) in [7, 11) is 0. The molecular formula is C19H21ClN4O3. The lowest BCUT2D eigenvalue weighted by molar-refractivity contribution is -0.124. The van der Waals surface area contributed by atoms with Gasteiger partial charge in [0.05, 0.1) is 0 Å². The normalized spacial score (nSPS) is 10.0. The molecule has 142 valence electrons. The molecule has 0 heterocycles. The number of urea groups is 1. The molecule has 0 aliphatic rings. The Balaban J connectivity index is 1.70. The highest BCUT2D eigenvalue weighted by atomic mass is 35.5. The second-order valence-corrected chi connectivity index (χ2v) is 6.44. The molecule has 2 aromatic rings. The van der Waals surface area contributed by atoms with Crippen molar-refractivity contribution in [3.05, 3.63) is 58.6 Å². The summed E-state index contributed by atoms with van der Waals surface area (Å²) in [6.07, 6.45) is -0.0646. The van der Waals surface area contributed by atoms with Crippen molar-refractivity contribution in [2.24, 2.45) is 0 Å². The van der Waals surface area contributed by atoms with Crippen LogP contribution in [0, 0.1) is 13.8 Å². The minimum atomic E-state index is -0.620. The number of carbonyl (C=O) groups is 3. The number of hydrogen-bond donors (Lipinski definition) is 4. The predicted molar refractivity (Wildman–Crippen MR) is 106 cm³/mol. The van der Waals surface area contributed by atoms with E-state index in [-0.39, 0.29) is 18.7 Å². The Labute approximate surface area is 162 Å². The van der Waals surface area contributed by atoms with Crippen LogP contribution >= 0.6 is 11.6 Å². The summed E-state index contributed by atoms with van der Waals surface area (Å²) in [5.74, 6) is -0.757. The van der Waals surface area contributed by atoms with Crippen molar-refractivity contribution in [2.45, 2.75) is 26.7 Å². The highest BCUT2D eigenvalue weighted by Crippen LogP contribution is 2.16. The van der Waals surface area contributed by atoms with Gasteiger partial charge in [0.2, 0.25) is 11.8 Å². The number of benzene rings is 2. The van der Waals surface area contributed by atoms with Crippen LogP contribution in [-0.4, -0.2) is 17.8 Å². The van der Waals surface area contributed by atoms with Crippen LogP contribution in [0.25, 0.3) is 0 Å². The number of anilines is 2. The maximum atomic E-state index is 12.0. The average molecular weight is 389 g/mol. The summed E-state index contributed by atoms with van der Waals surface area (Å²) in [5.41, 5.74) is 7.71. The largest absolute Gasteiger partial charge is 0.337 e. The topological polar surface area (TPSA) is 99.3 Å². The van der Waals surface area contributed by atoms with E-state index in [1.165, 1.54) is 0 Å². The number of rotatable bonds is 5. The van der Waals surface area contributed by atoms with Gasteiger partial charge in [0.1, 0.15) is 0 Å². The van der Waals surface area contributed by atoms with E-state index >= 15 is 0 Å². The van der Waals surface area contributed by atoms with Crippen molar-refractivity contribution < 1.29 is 14.4 Å². The number of hydrogen-bond acceptors (Lipinski definition) is 3. The predicted octanol–water partition coefficient (Wildman–Crippen LogP) is 3.53. The molecule has 2 aromatic carbocycles. The van der Waals surface area contributed by atoms with E-state index < -0.39 is 11.9 Å². The lowest BCUT2D eigenvalue weighted by atomic mass is 10.1. The lowest BCUT2D eigenvalue weighted by Crippen LogP contribution is -2.44. The molecule has 0 saturated heterocycles. The molecule has 0 bridgehead atoms. The number of aryl methyl sites for hydroxylation is 2. The molecule has 4 N–H and O–H groups in total. The van der Waals surface area contributed by atoms with Crippen LogP contribution in [-0.2, 0) is 9.59 Å². The quantitative estimate of drug-likeness (QED) is 0.589. The maximum Gasteiger partial charge on any atom is 0.337 e. The lowest BCUT2D eigenvalue weighted by Gasteiger charge is -2.10. The minimum Gasteiger partial charge on any atom is -0.326 e. The number of hydrazine groups is 1. The zero-order chi connectivity index (χ0) is 19.8. The molecular weight excluding hydrogens is 368 g/mol. The smallest absolute Gasteiger partial charge is 0.326 e. The van der Waals surface area contributed by atoms with Gasteiger partial charge < -0.3 is 10.6 Å². The van der Waals surface area contributed by atoms with Gasteiger partial charge in [0.15, 0.2) is 0 Å². The van der Waals surface area contributed by atoms with Crippen molar-refractivity contribution in [3.8, 4) is 0 Å². The fourth-order valence-electron chi connectivity index (χ4n) is 2.31. The fourth-order valence-corrected chi connectivity index (χ4v) is 2.50. The third-order valence-corrected chi connectivity index (χ3v) is 3.87. The van der Waals surface area contributed by atoms with Gasteiger partial charge in [-0.05, 0) is 43.7 Å². The van der Waals surface area contributed by atoms with Crippen LogP contribution in [0.5, 0.6) is 0 Å². The Kier molecular flexibility index (Phi) is 7.19. The van der Waals surface area contributed by atoms with Crippen molar-refractivity contribution in [3.63, 3.8) is 0 Å². The zero-order valence-corrected chi connectivity index (χ0v) is 15.8. The van der Waals surface area contributed by atoms with E-state index in [0.717, 1.165) is 11.1 Å². The first kappa shape index (κ1) is 20.3. The summed E-state index contributed by atoms with van der Waals surface area (Å²) in [6.45, 7) is 3.87. The van der Waals surface area contributed by atoms with Gasteiger partial charge in [-0.2, -0.15) is 0 Å². The molecule has 0 aliphatic heterocycles. The second kappa shape index (κ2) is 9.59. The van der Waals surface area contributed by atoms with Crippen molar-refractivity contribution in [2.75, 3.05) is 10.6 Å². The fraction of sp³-hybridized carbons (Fsp3) is 0.211. The Morgan fingerprint density at radius 2 is 1.63 bits per heavy atom. The minimum absolute atomic E-state index is 0.00323. The van der Waals surface area contributed by atoms with Gasteiger partial charge in [-0.1, -0.05) is 35.4 Å². The van der Waals surface area contributed by atoms with Crippen LogP contribution in [0.2, 0.25) is 5.02 Å². The summed E-state index contributed by atoms with van der Waals surface area (Å²) >= 11 is 5.82. The molecule has 4 amide bonds. The Morgan fingerprint density at radius 3 is 2.33 bits per heavy atom. The second-order valence-electron chi connectivity index (χ2n) is 6.00. The molecule has 8 heteroatoms. The van der Waals surface area contributed by atoms with Crippen LogP contribution < -0.4 is 21.5 Å². The van der Waals surface area contributed by atoms with Crippen molar-refractivity contribution in [1.29, 1.82) is 0 Å². The summed E-state index contributed by atoms with van der Waals surface area (Å²) in [5, 5.41) is 5.76. The molecule has 7 nitrogen and oxygen atoms in total. The molecule has 0 fully saturated rings. The summed E-state index contributed by atoms with van der Waals surface area (Å²) in [6, 6.07) is 11.7. The summed E-state index contributed by atoms with van der Waals surface area (Å²) in [4.78, 5) is 35.4. The third kappa shape index (κ3) is 6.99. The van der Waals surface area contributed by atoms with E-state index in [1.54, 1.807) is 24.3 Å². The molecule has 0 aliphatic carbocycles. The molecule has 0 spiro atoms. The average Bonchev–Trinajstić information content (AvgIpc) is 2.60. The molecule has 0 unspecified atom stereocenters. The molecule has 0 atom stereocenters. The summed E-state index contributed by atoms with van der Waals surface area (Å²) < 4.78 is 0. The Morgan fingerprint density at radius 1 is 0.889 bits per heavy atom. The first-order valence-corrected chi connectivity index (χ1v) is 8.70. The SMILES string of the molecule is Cc1ccc(NC(=O)CCC(=O)NNC(=O)Nc2cccc(Cl)c2)c(C)c1. The highest BCUT2D eigenvalue weighted by molar-refractivity contribution is 6.30. The van der Waals surface area contributed by atoms with Crippen LogP contribution in [0.15, 0.2) is 42.5 Å². The number of carbonyl (C=O) groups excluding carboxylic acids is 3. The molecule has 0 saturated carbocycles. The van der Waals surface area contributed by atoms with E-state index in [4.69, 9.17) is 11.6 Å². The van der Waals surface area contributed by atoms with Crippen LogP contribution in [0.4, 0.5) is 16.2 Å². The van der Waals surface area contributed by atoms with Gasteiger partial charge in [-0.25, -0.2) is 10.2 Å². The third-order valence-electron chi connectivity index (χ3n) is 3.63. The maximum absolute atomic E-state index is 12.0. The molecule has 0 aromatic heterocycles. The molecule has 2 rings (SSSR count). The Hall–Kier alpha value is -3.06. The van der Waals surface area contributed by atoms with Gasteiger partial charge in [0, 0.05) is 29.2 Å². The van der Waals surface area contributed by atoms with Crippen LogP contribution in [0.3, 0.4) is 0 Å². The molecule has 0 radical (unpaired) electrons.